The Morgan fingerprint density at radius 1 is 1.09 bits per heavy atom. The topological polar surface area (TPSA) is 92.8 Å². The summed E-state index contributed by atoms with van der Waals surface area (Å²) < 4.78 is 5.76. The number of aromatic nitrogens is 4. The van der Waals surface area contributed by atoms with Gasteiger partial charge < -0.3 is 10.1 Å². The predicted octanol–water partition coefficient (Wildman–Crippen LogP) is 1.94. The lowest BCUT2D eigenvalue weighted by molar-refractivity contribution is 0.0963. The van der Waals surface area contributed by atoms with Gasteiger partial charge in [0.05, 0.1) is 0 Å². The van der Waals surface area contributed by atoms with Crippen LogP contribution in [0.1, 0.15) is 21.7 Å². The van der Waals surface area contributed by atoms with E-state index in [1.807, 2.05) is 24.3 Å². The Balaban J connectivity index is 1.65. The summed E-state index contributed by atoms with van der Waals surface area (Å²) in [4.78, 5) is 11.5. The molecule has 2 N–H and O–H groups in total. The first kappa shape index (κ1) is 14.7. The van der Waals surface area contributed by atoms with Crippen molar-refractivity contribution >= 4 is 5.91 Å². The zero-order valence-corrected chi connectivity index (χ0v) is 12.5. The number of carbonyl (C=O) groups excluding carboxylic acids is 1. The number of carbonyl (C=O) groups is 1. The monoisotopic (exact) mass is 309 g/mol. The Hall–Kier alpha value is -3.22. The molecule has 0 aliphatic rings. The molecule has 0 aliphatic carbocycles. The highest BCUT2D eigenvalue weighted by Crippen LogP contribution is 2.22. The largest absolute Gasteiger partial charge is 0.457 e. The Morgan fingerprint density at radius 3 is 2.30 bits per heavy atom. The molecule has 116 valence electrons. The van der Waals surface area contributed by atoms with Crippen molar-refractivity contribution in [3.63, 3.8) is 0 Å². The molecule has 0 radical (unpaired) electrons. The van der Waals surface area contributed by atoms with Crippen LogP contribution in [0, 0.1) is 0 Å². The van der Waals surface area contributed by atoms with Gasteiger partial charge in [-0.05, 0) is 42.0 Å². The summed E-state index contributed by atoms with van der Waals surface area (Å²) in [7, 11) is 1.60. The van der Waals surface area contributed by atoms with Crippen molar-refractivity contribution in [3.05, 3.63) is 65.5 Å². The smallest absolute Gasteiger partial charge is 0.251 e. The molecule has 1 aromatic heterocycles. The van der Waals surface area contributed by atoms with E-state index in [1.54, 1.807) is 31.3 Å². The number of H-pyrrole nitrogens is 1. The molecule has 3 rings (SSSR count). The van der Waals surface area contributed by atoms with E-state index in [1.165, 1.54) is 0 Å². The SMILES string of the molecule is CNC(=O)c1ccc(Oc2ccc(Cc3nn[nH]n3)cc2)cc1. The van der Waals surface area contributed by atoms with Gasteiger partial charge >= 0.3 is 0 Å². The second kappa shape index (κ2) is 6.69. The summed E-state index contributed by atoms with van der Waals surface area (Å²) in [5.74, 6) is 1.91. The summed E-state index contributed by atoms with van der Waals surface area (Å²) in [6.07, 6.45) is 0.609. The quantitative estimate of drug-likeness (QED) is 0.751. The van der Waals surface area contributed by atoms with Gasteiger partial charge in [0.1, 0.15) is 11.5 Å². The Labute approximate surface area is 132 Å². The van der Waals surface area contributed by atoms with Crippen molar-refractivity contribution in [1.29, 1.82) is 0 Å². The first-order chi connectivity index (χ1) is 11.2. The number of nitrogens with one attached hydrogen (secondary N) is 2. The van der Waals surface area contributed by atoms with E-state index in [4.69, 9.17) is 4.74 Å². The average Bonchev–Trinajstić information content (AvgIpc) is 3.10. The molecule has 0 bridgehead atoms. The van der Waals surface area contributed by atoms with Gasteiger partial charge in [0, 0.05) is 19.0 Å². The van der Waals surface area contributed by atoms with E-state index in [-0.39, 0.29) is 5.91 Å². The maximum absolute atomic E-state index is 11.5. The molecule has 7 nitrogen and oxygen atoms in total. The lowest BCUT2D eigenvalue weighted by atomic mass is 10.1. The molecule has 0 unspecified atom stereocenters. The van der Waals surface area contributed by atoms with Crippen LogP contribution in [0.4, 0.5) is 0 Å². The second-order valence-electron chi connectivity index (χ2n) is 4.85. The molecule has 1 amide bonds. The van der Waals surface area contributed by atoms with Crippen LogP contribution in [0.25, 0.3) is 0 Å². The van der Waals surface area contributed by atoms with Crippen LogP contribution < -0.4 is 10.1 Å². The van der Waals surface area contributed by atoms with Crippen LogP contribution in [-0.4, -0.2) is 33.6 Å². The summed E-state index contributed by atoms with van der Waals surface area (Å²) in [5, 5.41) is 16.4. The molecule has 0 fully saturated rings. The fourth-order valence-electron chi connectivity index (χ4n) is 2.07. The predicted molar refractivity (Wildman–Crippen MR) is 83.3 cm³/mol. The van der Waals surface area contributed by atoms with Crippen LogP contribution in [0.3, 0.4) is 0 Å². The van der Waals surface area contributed by atoms with Crippen LogP contribution in [0.15, 0.2) is 48.5 Å². The number of hydrogen-bond donors (Lipinski definition) is 2. The minimum atomic E-state index is -0.123. The lowest BCUT2D eigenvalue weighted by Gasteiger charge is -2.07. The number of benzene rings is 2. The van der Waals surface area contributed by atoms with Crippen molar-refractivity contribution in [2.45, 2.75) is 6.42 Å². The zero-order chi connectivity index (χ0) is 16.1. The van der Waals surface area contributed by atoms with E-state index in [9.17, 15) is 4.79 Å². The normalized spacial score (nSPS) is 10.3. The second-order valence-corrected chi connectivity index (χ2v) is 4.85. The van der Waals surface area contributed by atoms with Crippen molar-refractivity contribution in [1.82, 2.24) is 25.9 Å². The molecular weight excluding hydrogens is 294 g/mol. The summed E-state index contributed by atoms with van der Waals surface area (Å²) in [6, 6.07) is 14.6. The molecule has 7 heteroatoms. The van der Waals surface area contributed by atoms with Crippen LogP contribution in [-0.2, 0) is 6.42 Å². The molecule has 0 aliphatic heterocycles. The third kappa shape index (κ3) is 3.70. The molecule has 1 heterocycles. The number of nitrogens with zero attached hydrogens (tertiary/aromatic N) is 3. The highest BCUT2D eigenvalue weighted by Gasteiger charge is 2.04. The van der Waals surface area contributed by atoms with Gasteiger partial charge in [-0.1, -0.05) is 17.3 Å². The van der Waals surface area contributed by atoms with E-state index in [2.05, 4.69) is 25.9 Å². The number of hydrogen-bond acceptors (Lipinski definition) is 5. The Kier molecular flexibility index (Phi) is 4.28. The van der Waals surface area contributed by atoms with Crippen molar-refractivity contribution in [2.75, 3.05) is 7.05 Å². The minimum absolute atomic E-state index is 0.123. The van der Waals surface area contributed by atoms with Gasteiger partial charge in [-0.15, -0.1) is 10.2 Å². The van der Waals surface area contributed by atoms with Crippen molar-refractivity contribution in [2.24, 2.45) is 0 Å². The van der Waals surface area contributed by atoms with Crippen LogP contribution >= 0.6 is 0 Å². The number of ether oxygens (including phenoxy) is 1. The van der Waals surface area contributed by atoms with Crippen LogP contribution in [0.2, 0.25) is 0 Å². The Morgan fingerprint density at radius 2 is 1.74 bits per heavy atom. The number of amides is 1. The van der Waals surface area contributed by atoms with Crippen LogP contribution in [0.5, 0.6) is 11.5 Å². The van der Waals surface area contributed by atoms with E-state index in [0.717, 1.165) is 11.3 Å². The molecule has 0 saturated heterocycles. The summed E-state index contributed by atoms with van der Waals surface area (Å²) in [5.41, 5.74) is 1.66. The molecule has 0 spiro atoms. The summed E-state index contributed by atoms with van der Waals surface area (Å²) >= 11 is 0. The maximum atomic E-state index is 11.5. The fourth-order valence-corrected chi connectivity index (χ4v) is 2.07. The first-order valence-corrected chi connectivity index (χ1v) is 7.06. The Bertz CT molecular complexity index is 767. The summed E-state index contributed by atoms with van der Waals surface area (Å²) in [6.45, 7) is 0. The third-order valence-corrected chi connectivity index (χ3v) is 3.25. The van der Waals surface area contributed by atoms with Gasteiger partial charge in [-0.2, -0.15) is 5.21 Å². The average molecular weight is 309 g/mol. The highest BCUT2D eigenvalue weighted by molar-refractivity contribution is 5.94. The van der Waals surface area contributed by atoms with E-state index < -0.39 is 0 Å². The van der Waals surface area contributed by atoms with Gasteiger partial charge in [0.15, 0.2) is 5.82 Å². The molecule has 3 aromatic rings. The molecule has 0 saturated carbocycles. The first-order valence-electron chi connectivity index (χ1n) is 7.06. The fraction of sp³-hybridized carbons (Fsp3) is 0.125. The maximum Gasteiger partial charge on any atom is 0.251 e. The lowest BCUT2D eigenvalue weighted by Crippen LogP contribution is -2.17. The van der Waals surface area contributed by atoms with E-state index in [0.29, 0.717) is 23.6 Å². The minimum Gasteiger partial charge on any atom is -0.457 e. The number of rotatable bonds is 5. The van der Waals surface area contributed by atoms with Crippen molar-refractivity contribution < 1.29 is 9.53 Å². The van der Waals surface area contributed by atoms with Crippen molar-refractivity contribution in [3.8, 4) is 11.5 Å². The molecule has 23 heavy (non-hydrogen) atoms. The number of tetrazole rings is 1. The van der Waals surface area contributed by atoms with Gasteiger partial charge in [0.2, 0.25) is 0 Å². The van der Waals surface area contributed by atoms with Gasteiger partial charge in [-0.3, -0.25) is 4.79 Å². The van der Waals surface area contributed by atoms with E-state index >= 15 is 0 Å². The number of aromatic amines is 1. The van der Waals surface area contributed by atoms with Gasteiger partial charge in [0.25, 0.3) is 5.91 Å². The standard InChI is InChI=1S/C16H15N5O2/c1-17-16(22)12-4-8-14(9-5-12)23-13-6-2-11(3-7-13)10-15-18-20-21-19-15/h2-9H,10H2,1H3,(H,17,22)(H,18,19,20,21). The molecular formula is C16H15N5O2. The zero-order valence-electron chi connectivity index (χ0n) is 12.5. The molecule has 2 aromatic carbocycles. The van der Waals surface area contributed by atoms with Gasteiger partial charge in [-0.25, -0.2) is 0 Å². The highest BCUT2D eigenvalue weighted by atomic mass is 16.5. The third-order valence-electron chi connectivity index (χ3n) is 3.25. The molecule has 0 atom stereocenters.